The Morgan fingerprint density at radius 3 is 2.08 bits per heavy atom. The van der Waals surface area contributed by atoms with Crippen LogP contribution < -0.4 is 15.4 Å². The summed E-state index contributed by atoms with van der Waals surface area (Å²) in [5.41, 5.74) is 1.29. The Kier molecular flexibility index (Phi) is 9.92. The highest BCUT2D eigenvalue weighted by Crippen LogP contribution is 2.33. The largest absolute Gasteiger partial charge is 0.497 e. The minimum Gasteiger partial charge on any atom is -0.497 e. The molecule has 0 aliphatic rings. The molecule has 9 nitrogen and oxygen atoms in total. The highest BCUT2D eigenvalue weighted by molar-refractivity contribution is 5.99. The maximum atomic E-state index is 14.0. The van der Waals surface area contributed by atoms with Gasteiger partial charge in [0, 0.05) is 11.2 Å². The van der Waals surface area contributed by atoms with Crippen LogP contribution in [0.2, 0.25) is 0 Å². The van der Waals surface area contributed by atoms with Gasteiger partial charge in [-0.15, -0.1) is 0 Å². The van der Waals surface area contributed by atoms with Crippen LogP contribution in [-0.4, -0.2) is 58.8 Å². The van der Waals surface area contributed by atoms with Crippen molar-refractivity contribution in [3.63, 3.8) is 0 Å². The topological polar surface area (TPSA) is 117 Å². The van der Waals surface area contributed by atoms with Crippen LogP contribution >= 0.6 is 0 Å². The number of hydrogen-bond acceptors (Lipinski definition) is 6. The predicted molar refractivity (Wildman–Crippen MR) is 147 cm³/mol. The lowest BCUT2D eigenvalue weighted by molar-refractivity contribution is -0.147. The predicted octanol–water partition coefficient (Wildman–Crippen LogP) is 4.50. The maximum Gasteiger partial charge on any atom is 0.408 e. The third-order valence-corrected chi connectivity index (χ3v) is 5.94. The SMILES string of the molecule is COc1ccc(NC(=O)C(c2cccc(C)c2C)N(C(=O)C(CO)NC(=O)OC(C)(C)C)C(C)(C)C)cc1. The lowest BCUT2D eigenvalue weighted by Gasteiger charge is -2.43. The lowest BCUT2D eigenvalue weighted by Crippen LogP contribution is -2.59. The molecule has 0 aromatic heterocycles. The average Bonchev–Trinajstić information content (AvgIpc) is 2.81. The van der Waals surface area contributed by atoms with Crippen LogP contribution in [0.4, 0.5) is 10.5 Å². The van der Waals surface area contributed by atoms with Gasteiger partial charge in [-0.1, -0.05) is 18.2 Å². The number of aliphatic hydroxyl groups excluding tert-OH is 1. The summed E-state index contributed by atoms with van der Waals surface area (Å²) in [7, 11) is 1.56. The van der Waals surface area contributed by atoms with Gasteiger partial charge in [-0.25, -0.2) is 4.79 Å². The van der Waals surface area contributed by atoms with E-state index in [-0.39, 0.29) is 0 Å². The Hall–Kier alpha value is -3.59. The molecule has 0 radical (unpaired) electrons. The van der Waals surface area contributed by atoms with Crippen molar-refractivity contribution in [2.45, 2.75) is 78.6 Å². The van der Waals surface area contributed by atoms with Gasteiger partial charge in [-0.3, -0.25) is 9.59 Å². The molecule has 2 aromatic carbocycles. The summed E-state index contributed by atoms with van der Waals surface area (Å²) >= 11 is 0. The fourth-order valence-corrected chi connectivity index (χ4v) is 4.00. The molecule has 2 aromatic rings. The van der Waals surface area contributed by atoms with Crippen LogP contribution in [0.15, 0.2) is 42.5 Å². The van der Waals surface area contributed by atoms with E-state index >= 15 is 0 Å². The summed E-state index contributed by atoms with van der Waals surface area (Å²) in [4.78, 5) is 41.8. The molecule has 9 heteroatoms. The number of amides is 3. The van der Waals surface area contributed by atoms with Crippen molar-refractivity contribution in [1.29, 1.82) is 0 Å². The number of alkyl carbamates (subject to hydrolysis) is 1. The van der Waals surface area contributed by atoms with Crippen molar-refractivity contribution in [2.75, 3.05) is 19.0 Å². The number of carbonyl (C=O) groups excluding carboxylic acids is 3. The molecule has 208 valence electrons. The zero-order valence-electron chi connectivity index (χ0n) is 23.8. The van der Waals surface area contributed by atoms with Gasteiger partial charge in [-0.2, -0.15) is 0 Å². The molecule has 0 heterocycles. The van der Waals surface area contributed by atoms with E-state index in [4.69, 9.17) is 9.47 Å². The van der Waals surface area contributed by atoms with E-state index < -0.39 is 47.7 Å². The van der Waals surface area contributed by atoms with Crippen LogP contribution in [-0.2, 0) is 14.3 Å². The molecular formula is C29H41N3O6. The van der Waals surface area contributed by atoms with Crippen LogP contribution in [0.1, 0.15) is 64.3 Å². The second kappa shape index (κ2) is 12.3. The van der Waals surface area contributed by atoms with E-state index in [1.54, 1.807) is 72.9 Å². The first kappa shape index (κ1) is 30.6. The van der Waals surface area contributed by atoms with Crippen LogP contribution in [0.3, 0.4) is 0 Å². The Bertz CT molecular complexity index is 1130. The fraction of sp³-hybridized carbons (Fsp3) is 0.483. The van der Waals surface area contributed by atoms with E-state index in [2.05, 4.69) is 10.6 Å². The molecule has 0 saturated carbocycles. The fourth-order valence-electron chi connectivity index (χ4n) is 4.00. The van der Waals surface area contributed by atoms with E-state index in [0.717, 1.165) is 11.1 Å². The standard InChI is InChI=1S/C29H41N3O6/c1-18-11-10-12-22(19(18)2)24(25(34)30-20-13-15-21(37-9)16-14-20)32(28(3,4)5)26(35)23(17-33)31-27(36)38-29(6,7)8/h10-16,23-24,33H,17H2,1-9H3,(H,30,34)(H,31,36). The first-order valence-corrected chi connectivity index (χ1v) is 12.5. The van der Waals surface area contributed by atoms with Gasteiger partial charge in [0.25, 0.3) is 5.91 Å². The minimum atomic E-state index is -1.33. The van der Waals surface area contributed by atoms with E-state index in [1.165, 1.54) is 4.90 Å². The molecule has 0 saturated heterocycles. The highest BCUT2D eigenvalue weighted by atomic mass is 16.6. The van der Waals surface area contributed by atoms with Crippen molar-refractivity contribution in [2.24, 2.45) is 0 Å². The first-order valence-electron chi connectivity index (χ1n) is 12.5. The summed E-state index contributed by atoms with van der Waals surface area (Å²) in [5, 5.41) is 15.5. The molecule has 0 aliphatic carbocycles. The number of methoxy groups -OCH3 is 1. The molecule has 0 aliphatic heterocycles. The molecule has 0 fully saturated rings. The van der Waals surface area contributed by atoms with Gasteiger partial charge in [0.2, 0.25) is 5.91 Å². The van der Waals surface area contributed by atoms with Crippen molar-refractivity contribution in [1.82, 2.24) is 10.2 Å². The Labute approximate surface area is 225 Å². The molecule has 38 heavy (non-hydrogen) atoms. The molecule has 3 N–H and O–H groups in total. The molecule has 2 rings (SSSR count). The van der Waals surface area contributed by atoms with E-state index in [0.29, 0.717) is 17.0 Å². The Morgan fingerprint density at radius 2 is 1.58 bits per heavy atom. The number of aryl methyl sites for hydroxylation is 1. The Morgan fingerprint density at radius 1 is 0.974 bits per heavy atom. The number of aliphatic hydroxyl groups is 1. The summed E-state index contributed by atoms with van der Waals surface area (Å²) in [5.74, 6) is -0.428. The number of hydrogen-bond donors (Lipinski definition) is 3. The van der Waals surface area contributed by atoms with Crippen molar-refractivity contribution in [3.05, 3.63) is 59.2 Å². The van der Waals surface area contributed by atoms with Gasteiger partial charge >= 0.3 is 6.09 Å². The molecule has 2 unspecified atom stereocenters. The quantitative estimate of drug-likeness (QED) is 0.465. The summed E-state index contributed by atoms with van der Waals surface area (Å²) in [6.07, 6.45) is -0.843. The highest BCUT2D eigenvalue weighted by Gasteiger charge is 2.42. The third-order valence-electron chi connectivity index (χ3n) is 5.94. The van der Waals surface area contributed by atoms with Gasteiger partial charge in [0.05, 0.1) is 13.7 Å². The number of rotatable bonds is 8. The second-order valence-corrected chi connectivity index (χ2v) is 11.2. The van der Waals surface area contributed by atoms with E-state index in [9.17, 15) is 19.5 Å². The second-order valence-electron chi connectivity index (χ2n) is 11.2. The first-order chi connectivity index (χ1) is 17.6. The van der Waals surface area contributed by atoms with Crippen molar-refractivity contribution >= 4 is 23.6 Å². The molecule has 3 amide bonds. The lowest BCUT2D eigenvalue weighted by atomic mass is 9.91. The van der Waals surface area contributed by atoms with Crippen molar-refractivity contribution < 1.29 is 29.0 Å². The zero-order valence-corrected chi connectivity index (χ0v) is 23.8. The van der Waals surface area contributed by atoms with Gasteiger partial charge < -0.3 is 30.1 Å². The number of nitrogens with zero attached hydrogens (tertiary/aromatic N) is 1. The molecule has 0 spiro atoms. The number of anilines is 1. The number of benzene rings is 2. The van der Waals surface area contributed by atoms with Gasteiger partial charge in [-0.05, 0) is 96.3 Å². The zero-order chi connectivity index (χ0) is 28.8. The smallest absolute Gasteiger partial charge is 0.408 e. The molecule has 0 bridgehead atoms. The summed E-state index contributed by atoms with van der Waals surface area (Å²) in [6.45, 7) is 13.6. The third kappa shape index (κ3) is 7.95. The van der Waals surface area contributed by atoms with E-state index in [1.807, 2.05) is 32.0 Å². The summed E-state index contributed by atoms with van der Waals surface area (Å²) in [6, 6.07) is 10.0. The van der Waals surface area contributed by atoms with Crippen LogP contribution in [0.25, 0.3) is 0 Å². The number of ether oxygens (including phenoxy) is 2. The van der Waals surface area contributed by atoms with Crippen molar-refractivity contribution in [3.8, 4) is 5.75 Å². The summed E-state index contributed by atoms with van der Waals surface area (Å²) < 4.78 is 10.5. The Balaban J connectivity index is 2.57. The molecule has 2 atom stereocenters. The average molecular weight is 528 g/mol. The molecular weight excluding hydrogens is 486 g/mol. The van der Waals surface area contributed by atoms with Gasteiger partial charge in [0.1, 0.15) is 23.4 Å². The monoisotopic (exact) mass is 527 g/mol. The number of nitrogens with one attached hydrogen (secondary N) is 2. The van der Waals surface area contributed by atoms with Crippen LogP contribution in [0, 0.1) is 13.8 Å². The van der Waals surface area contributed by atoms with Gasteiger partial charge in [0.15, 0.2) is 0 Å². The maximum absolute atomic E-state index is 14.0. The minimum absolute atomic E-state index is 0.443. The number of carbonyl (C=O) groups is 3. The normalized spacial score (nSPS) is 13.2. The van der Waals surface area contributed by atoms with Crippen LogP contribution in [0.5, 0.6) is 5.75 Å².